The summed E-state index contributed by atoms with van der Waals surface area (Å²) < 4.78 is 16.1. The molecule has 148 valence electrons. The van der Waals surface area contributed by atoms with Crippen LogP contribution in [0.2, 0.25) is 0 Å². The van der Waals surface area contributed by atoms with Gasteiger partial charge in [-0.2, -0.15) is 0 Å². The number of ether oxygens (including phenoxy) is 3. The summed E-state index contributed by atoms with van der Waals surface area (Å²) in [5.74, 6) is 0.725. The fourth-order valence-electron chi connectivity index (χ4n) is 2.27. The van der Waals surface area contributed by atoms with E-state index in [1.54, 1.807) is 26.0 Å². The third-order valence-electron chi connectivity index (χ3n) is 3.75. The zero-order chi connectivity index (χ0) is 20.2. The van der Waals surface area contributed by atoms with Crippen LogP contribution in [0.3, 0.4) is 0 Å². The van der Waals surface area contributed by atoms with Gasteiger partial charge in [0.2, 0.25) is 0 Å². The normalized spacial score (nSPS) is 12.4. The highest BCUT2D eigenvalue weighted by molar-refractivity contribution is 5.68. The number of allylic oxidation sites excluding steroid dienone is 2. The van der Waals surface area contributed by atoms with Crippen molar-refractivity contribution in [3.05, 3.63) is 71.8 Å². The second kappa shape index (κ2) is 11.6. The van der Waals surface area contributed by atoms with Gasteiger partial charge in [-0.05, 0) is 42.3 Å². The van der Waals surface area contributed by atoms with Gasteiger partial charge in [0.15, 0.2) is 6.29 Å². The van der Waals surface area contributed by atoms with Crippen molar-refractivity contribution >= 4 is 18.1 Å². The highest BCUT2D eigenvalue weighted by Crippen LogP contribution is 2.15. The Bertz CT molecular complexity index is 776. The number of benzene rings is 2. The van der Waals surface area contributed by atoms with Gasteiger partial charge >= 0.3 is 5.97 Å². The molecule has 2 aromatic carbocycles. The maximum Gasteiger partial charge on any atom is 0.305 e. The lowest BCUT2D eigenvalue weighted by Crippen LogP contribution is -2.20. The van der Waals surface area contributed by atoms with Crippen molar-refractivity contribution in [3.63, 3.8) is 0 Å². The number of phenolic OH excluding ortho intramolecular Hbond substituents is 1. The molecule has 0 aliphatic heterocycles. The quantitative estimate of drug-likeness (QED) is 0.276. The first-order chi connectivity index (χ1) is 13.6. The van der Waals surface area contributed by atoms with Crippen LogP contribution in [0.25, 0.3) is 12.2 Å². The molecule has 1 atom stereocenters. The summed E-state index contributed by atoms with van der Waals surface area (Å²) in [5, 5.41) is 9.26. The minimum Gasteiger partial charge on any atom is -0.508 e. The van der Waals surface area contributed by atoms with Crippen LogP contribution in [0.15, 0.2) is 60.7 Å². The molecule has 2 rings (SSSR count). The predicted octanol–water partition coefficient (Wildman–Crippen LogP) is 4.81. The van der Waals surface area contributed by atoms with Crippen molar-refractivity contribution in [1.82, 2.24) is 0 Å². The van der Waals surface area contributed by atoms with E-state index in [2.05, 4.69) is 0 Å². The van der Waals surface area contributed by atoms with Gasteiger partial charge < -0.3 is 19.3 Å². The van der Waals surface area contributed by atoms with Crippen molar-refractivity contribution in [2.24, 2.45) is 0 Å². The molecule has 5 heteroatoms. The Labute approximate surface area is 165 Å². The van der Waals surface area contributed by atoms with Gasteiger partial charge in [0.25, 0.3) is 0 Å². The van der Waals surface area contributed by atoms with Crippen LogP contribution in [0.1, 0.15) is 31.4 Å². The number of aromatic hydroxyl groups is 1. The van der Waals surface area contributed by atoms with Crippen molar-refractivity contribution in [3.8, 4) is 11.5 Å². The minimum absolute atomic E-state index is 0.224. The summed E-state index contributed by atoms with van der Waals surface area (Å²) in [6.07, 6.45) is 7.77. The van der Waals surface area contributed by atoms with Gasteiger partial charge in [0.05, 0.1) is 6.61 Å². The Balaban J connectivity index is 1.74. The van der Waals surface area contributed by atoms with E-state index in [-0.39, 0.29) is 18.3 Å². The van der Waals surface area contributed by atoms with E-state index in [0.717, 1.165) is 11.1 Å². The minimum atomic E-state index is -0.435. The van der Waals surface area contributed by atoms with Gasteiger partial charge in [-0.25, -0.2) is 0 Å². The predicted molar refractivity (Wildman–Crippen MR) is 110 cm³/mol. The summed E-state index contributed by atoms with van der Waals surface area (Å²) in [6, 6.07) is 14.7. The third-order valence-corrected chi connectivity index (χ3v) is 3.75. The Morgan fingerprint density at radius 2 is 1.54 bits per heavy atom. The number of esters is 1. The number of phenols is 1. The molecule has 0 amide bonds. The average Bonchev–Trinajstić information content (AvgIpc) is 2.71. The van der Waals surface area contributed by atoms with Gasteiger partial charge in [-0.3, -0.25) is 4.79 Å². The summed E-state index contributed by atoms with van der Waals surface area (Å²) in [4.78, 5) is 11.0. The van der Waals surface area contributed by atoms with Crippen molar-refractivity contribution in [1.29, 1.82) is 0 Å². The van der Waals surface area contributed by atoms with E-state index in [1.807, 2.05) is 60.7 Å². The maximum atomic E-state index is 11.0. The van der Waals surface area contributed by atoms with Gasteiger partial charge in [-0.1, -0.05) is 55.5 Å². The lowest BCUT2D eigenvalue weighted by atomic mass is 10.2. The van der Waals surface area contributed by atoms with Gasteiger partial charge in [0.1, 0.15) is 18.1 Å². The number of hydrogen-bond donors (Lipinski definition) is 1. The van der Waals surface area contributed by atoms with E-state index >= 15 is 0 Å². The molecule has 0 bridgehead atoms. The van der Waals surface area contributed by atoms with Crippen LogP contribution >= 0.6 is 0 Å². The molecule has 0 radical (unpaired) electrons. The molecular weight excluding hydrogens is 356 g/mol. The van der Waals surface area contributed by atoms with Crippen LogP contribution in [0.4, 0.5) is 0 Å². The zero-order valence-corrected chi connectivity index (χ0v) is 16.2. The van der Waals surface area contributed by atoms with E-state index in [4.69, 9.17) is 14.2 Å². The number of carbonyl (C=O) groups is 1. The highest BCUT2D eigenvalue weighted by Gasteiger charge is 2.05. The molecule has 0 spiro atoms. The molecule has 0 saturated carbocycles. The molecule has 0 aliphatic carbocycles. The SMILES string of the molecule is CCC(=O)OCCOC(C)Oc1ccc(C=CC=Cc2ccc(O)cc2)cc1. The Morgan fingerprint density at radius 3 is 2.11 bits per heavy atom. The van der Waals surface area contributed by atoms with Crippen LogP contribution in [0.5, 0.6) is 11.5 Å². The van der Waals surface area contributed by atoms with Crippen LogP contribution in [-0.2, 0) is 14.3 Å². The Hall–Kier alpha value is -3.05. The molecule has 0 heterocycles. The molecule has 0 saturated heterocycles. The third kappa shape index (κ3) is 8.10. The second-order valence-electron chi connectivity index (χ2n) is 6.01. The van der Waals surface area contributed by atoms with Crippen molar-refractivity contribution in [2.75, 3.05) is 13.2 Å². The molecule has 1 N–H and O–H groups in total. The smallest absolute Gasteiger partial charge is 0.305 e. The molecule has 0 aromatic heterocycles. The van der Waals surface area contributed by atoms with Crippen LogP contribution in [0, 0.1) is 0 Å². The topological polar surface area (TPSA) is 65.0 Å². The van der Waals surface area contributed by atoms with Crippen LogP contribution in [-0.4, -0.2) is 30.6 Å². The van der Waals surface area contributed by atoms with Crippen molar-refractivity contribution < 1.29 is 24.1 Å². The number of rotatable bonds is 10. The lowest BCUT2D eigenvalue weighted by Gasteiger charge is -2.15. The molecule has 5 nitrogen and oxygen atoms in total. The Kier molecular flexibility index (Phi) is 8.82. The Morgan fingerprint density at radius 1 is 0.964 bits per heavy atom. The summed E-state index contributed by atoms with van der Waals surface area (Å²) in [7, 11) is 0. The zero-order valence-electron chi connectivity index (χ0n) is 16.2. The monoisotopic (exact) mass is 382 g/mol. The van der Waals surface area contributed by atoms with Gasteiger partial charge in [0, 0.05) is 6.42 Å². The molecule has 0 aliphatic rings. The van der Waals surface area contributed by atoms with Gasteiger partial charge in [-0.15, -0.1) is 0 Å². The highest BCUT2D eigenvalue weighted by atomic mass is 16.7. The molecular formula is C23H26O5. The molecule has 28 heavy (non-hydrogen) atoms. The summed E-state index contributed by atoms with van der Waals surface area (Å²) in [5.41, 5.74) is 2.06. The van der Waals surface area contributed by atoms with Crippen LogP contribution < -0.4 is 4.74 Å². The number of carbonyl (C=O) groups excluding carboxylic acids is 1. The first-order valence-corrected chi connectivity index (χ1v) is 9.24. The van der Waals surface area contributed by atoms with E-state index in [0.29, 0.717) is 18.8 Å². The second-order valence-corrected chi connectivity index (χ2v) is 6.01. The first kappa shape index (κ1) is 21.3. The molecule has 2 aromatic rings. The lowest BCUT2D eigenvalue weighted by molar-refractivity contribution is -0.148. The van der Waals surface area contributed by atoms with E-state index in [1.165, 1.54) is 0 Å². The number of hydrogen-bond acceptors (Lipinski definition) is 5. The molecule has 0 fully saturated rings. The average molecular weight is 382 g/mol. The summed E-state index contributed by atoms with van der Waals surface area (Å²) >= 11 is 0. The fraction of sp³-hybridized carbons (Fsp3) is 0.261. The largest absolute Gasteiger partial charge is 0.508 e. The first-order valence-electron chi connectivity index (χ1n) is 9.24. The van der Waals surface area contributed by atoms with E-state index < -0.39 is 6.29 Å². The van der Waals surface area contributed by atoms with Crippen molar-refractivity contribution in [2.45, 2.75) is 26.6 Å². The molecule has 1 unspecified atom stereocenters. The maximum absolute atomic E-state index is 11.0. The van der Waals surface area contributed by atoms with E-state index in [9.17, 15) is 9.90 Å². The standard InChI is InChI=1S/C23H26O5/c1-3-23(25)27-17-16-26-18(2)28-22-14-10-20(11-15-22)7-5-4-6-19-8-12-21(24)13-9-19/h4-15,18,24H,3,16-17H2,1-2H3. The summed E-state index contributed by atoms with van der Waals surface area (Å²) in [6.45, 7) is 4.06. The fourth-order valence-corrected chi connectivity index (χ4v) is 2.27.